The average Bonchev–Trinajstić information content (AvgIpc) is 2.27. The van der Waals surface area contributed by atoms with Crippen LogP contribution in [0.3, 0.4) is 0 Å². The second-order valence-corrected chi connectivity index (χ2v) is 4.91. The van der Waals surface area contributed by atoms with Gasteiger partial charge in [0.15, 0.2) is 11.1 Å². The molecule has 1 aromatic rings. The molecule has 0 aromatic heterocycles. The Morgan fingerprint density at radius 3 is 2.82 bits per heavy atom. The molecular weight excluding hydrogens is 304 g/mol. The first-order chi connectivity index (χ1) is 8.02. The number of aliphatic imine (C=N–C) groups is 1. The van der Waals surface area contributed by atoms with Crippen LogP contribution in [0, 0.1) is 5.41 Å². The maximum Gasteiger partial charge on any atom is 0.193 e. The van der Waals surface area contributed by atoms with Crippen LogP contribution in [-0.4, -0.2) is 18.2 Å². The number of ether oxygens (including phenoxy) is 1. The molecule has 5 nitrogen and oxygen atoms in total. The van der Waals surface area contributed by atoms with Gasteiger partial charge in [0, 0.05) is 10.2 Å². The summed E-state index contributed by atoms with van der Waals surface area (Å²) in [5.41, 5.74) is 11.4. The molecule has 17 heavy (non-hydrogen) atoms. The molecule has 1 rings (SSSR count). The van der Waals surface area contributed by atoms with Crippen LogP contribution in [0.2, 0.25) is 0 Å². The molecule has 0 aliphatic carbocycles. The molecule has 92 valence electrons. The number of hydrogen-bond donors (Lipinski definition) is 3. The maximum absolute atomic E-state index is 7.51. The van der Waals surface area contributed by atoms with E-state index in [1.165, 1.54) is 11.8 Å². The Kier molecular flexibility index (Phi) is 5.30. The van der Waals surface area contributed by atoms with Crippen LogP contribution < -0.4 is 16.2 Å². The van der Waals surface area contributed by atoms with Crippen molar-refractivity contribution in [3.63, 3.8) is 0 Å². The van der Waals surface area contributed by atoms with Gasteiger partial charge in [-0.3, -0.25) is 5.41 Å². The molecule has 1 aromatic carbocycles. The van der Waals surface area contributed by atoms with E-state index < -0.39 is 0 Å². The summed E-state index contributed by atoms with van der Waals surface area (Å²) in [6.07, 6.45) is 0. The molecule has 5 N–H and O–H groups in total. The van der Waals surface area contributed by atoms with E-state index in [0.29, 0.717) is 5.75 Å². The Morgan fingerprint density at radius 2 is 2.24 bits per heavy atom. The molecule has 0 radical (unpaired) electrons. The lowest BCUT2D eigenvalue weighted by molar-refractivity contribution is 0.414. The molecule has 0 heterocycles. The van der Waals surface area contributed by atoms with Gasteiger partial charge in [0.05, 0.1) is 7.11 Å². The zero-order chi connectivity index (χ0) is 12.8. The number of benzene rings is 1. The normalized spacial score (nSPS) is 9.76. The summed E-state index contributed by atoms with van der Waals surface area (Å²) in [5.74, 6) is 1.26. The number of thioether (sulfide) groups is 1. The van der Waals surface area contributed by atoms with Gasteiger partial charge < -0.3 is 16.2 Å². The first-order valence-electron chi connectivity index (χ1n) is 4.66. The molecule has 0 bridgehead atoms. The van der Waals surface area contributed by atoms with Crippen molar-refractivity contribution in [1.29, 1.82) is 5.41 Å². The third kappa shape index (κ3) is 4.66. The minimum atomic E-state index is -0.104. The quantitative estimate of drug-likeness (QED) is 0.586. The van der Waals surface area contributed by atoms with Gasteiger partial charge in [-0.2, -0.15) is 4.99 Å². The average molecular weight is 317 g/mol. The Hall–Kier alpha value is -1.21. The van der Waals surface area contributed by atoms with Crippen molar-refractivity contribution in [3.8, 4) is 5.75 Å². The minimum Gasteiger partial charge on any atom is -0.497 e. The fourth-order valence-corrected chi connectivity index (χ4v) is 2.36. The molecule has 0 saturated heterocycles. The van der Waals surface area contributed by atoms with E-state index in [4.69, 9.17) is 21.6 Å². The molecule has 0 aliphatic rings. The van der Waals surface area contributed by atoms with Crippen molar-refractivity contribution in [1.82, 2.24) is 0 Å². The second kappa shape index (κ2) is 6.51. The number of methoxy groups -OCH3 is 1. The van der Waals surface area contributed by atoms with Crippen molar-refractivity contribution in [3.05, 3.63) is 28.2 Å². The number of nitrogens with zero attached hydrogens (tertiary/aromatic N) is 1. The molecule has 0 fully saturated rings. The Labute approximate surface area is 112 Å². The van der Waals surface area contributed by atoms with Crippen molar-refractivity contribution in [2.75, 3.05) is 7.11 Å². The van der Waals surface area contributed by atoms with Gasteiger partial charge in [-0.25, -0.2) is 0 Å². The molecule has 0 aliphatic heterocycles. The highest BCUT2D eigenvalue weighted by Gasteiger charge is 2.04. The summed E-state index contributed by atoms with van der Waals surface area (Å²) >= 11 is 4.68. The lowest BCUT2D eigenvalue weighted by Crippen LogP contribution is -2.23. The summed E-state index contributed by atoms with van der Waals surface area (Å²) < 4.78 is 6.09. The predicted molar refractivity (Wildman–Crippen MR) is 75.5 cm³/mol. The standard InChI is InChI=1S/C10H13BrN4OS/c1-16-7-2-3-8(11)6(4-7)5-17-10(14)15-9(12)13/h2-4H,5H2,1H3,(H5,12,13,14,15). The molecule has 0 unspecified atom stereocenters. The largest absolute Gasteiger partial charge is 0.497 e. The Bertz CT molecular complexity index is 446. The zero-order valence-electron chi connectivity index (χ0n) is 9.24. The van der Waals surface area contributed by atoms with Gasteiger partial charge in [-0.1, -0.05) is 27.7 Å². The first kappa shape index (κ1) is 13.9. The minimum absolute atomic E-state index is 0.0831. The van der Waals surface area contributed by atoms with Gasteiger partial charge in [0.25, 0.3) is 0 Å². The lowest BCUT2D eigenvalue weighted by atomic mass is 10.2. The topological polar surface area (TPSA) is 97.5 Å². The van der Waals surface area contributed by atoms with Crippen LogP contribution in [0.1, 0.15) is 5.56 Å². The molecule has 0 saturated carbocycles. The van der Waals surface area contributed by atoms with E-state index in [1.54, 1.807) is 7.11 Å². The SMILES string of the molecule is COc1ccc(Br)c(CSC(=N)N=C(N)N)c1. The van der Waals surface area contributed by atoms with E-state index in [0.717, 1.165) is 15.8 Å². The van der Waals surface area contributed by atoms with E-state index >= 15 is 0 Å². The van der Waals surface area contributed by atoms with Crippen LogP contribution in [0.5, 0.6) is 5.75 Å². The number of guanidine groups is 1. The van der Waals surface area contributed by atoms with Gasteiger partial charge in [0.1, 0.15) is 5.75 Å². The fourth-order valence-electron chi connectivity index (χ4n) is 1.08. The van der Waals surface area contributed by atoms with Gasteiger partial charge in [-0.05, 0) is 23.8 Å². The van der Waals surface area contributed by atoms with E-state index in [9.17, 15) is 0 Å². The highest BCUT2D eigenvalue weighted by Crippen LogP contribution is 2.26. The van der Waals surface area contributed by atoms with Crippen molar-refractivity contribution >= 4 is 38.8 Å². The number of nitrogens with one attached hydrogen (secondary N) is 1. The van der Waals surface area contributed by atoms with Crippen molar-refractivity contribution in [2.45, 2.75) is 5.75 Å². The summed E-state index contributed by atoms with van der Waals surface area (Å²) in [5, 5.41) is 7.59. The summed E-state index contributed by atoms with van der Waals surface area (Å²) in [6, 6.07) is 5.67. The van der Waals surface area contributed by atoms with Crippen LogP contribution in [0.15, 0.2) is 27.7 Å². The molecule has 0 spiro atoms. The smallest absolute Gasteiger partial charge is 0.193 e. The zero-order valence-corrected chi connectivity index (χ0v) is 11.6. The van der Waals surface area contributed by atoms with E-state index in [2.05, 4.69) is 20.9 Å². The number of amidine groups is 1. The third-order valence-electron chi connectivity index (χ3n) is 1.85. The summed E-state index contributed by atoms with van der Waals surface area (Å²) in [6.45, 7) is 0. The second-order valence-electron chi connectivity index (χ2n) is 3.09. The van der Waals surface area contributed by atoms with Gasteiger partial charge >= 0.3 is 0 Å². The third-order valence-corrected chi connectivity index (χ3v) is 3.44. The van der Waals surface area contributed by atoms with Gasteiger partial charge in [0.2, 0.25) is 0 Å². The Balaban J connectivity index is 2.69. The predicted octanol–water partition coefficient (Wildman–Crippen LogP) is 1.90. The number of halogens is 1. The fraction of sp³-hybridized carbons (Fsp3) is 0.200. The number of rotatable bonds is 3. The highest BCUT2D eigenvalue weighted by atomic mass is 79.9. The van der Waals surface area contributed by atoms with Crippen molar-refractivity contribution < 1.29 is 4.74 Å². The van der Waals surface area contributed by atoms with Crippen molar-refractivity contribution in [2.24, 2.45) is 16.5 Å². The number of nitrogens with two attached hydrogens (primary N) is 2. The Morgan fingerprint density at radius 1 is 1.53 bits per heavy atom. The summed E-state index contributed by atoms with van der Waals surface area (Å²) in [7, 11) is 1.61. The van der Waals surface area contributed by atoms with Crippen LogP contribution in [0.4, 0.5) is 0 Å². The monoisotopic (exact) mass is 316 g/mol. The first-order valence-corrected chi connectivity index (χ1v) is 6.44. The van der Waals surface area contributed by atoms with Crippen LogP contribution in [0.25, 0.3) is 0 Å². The van der Waals surface area contributed by atoms with Gasteiger partial charge in [-0.15, -0.1) is 0 Å². The molecular formula is C10H13BrN4OS. The molecule has 0 amide bonds. The summed E-state index contributed by atoms with van der Waals surface area (Å²) in [4.78, 5) is 3.64. The number of hydrogen-bond acceptors (Lipinski definition) is 3. The molecule has 0 atom stereocenters. The van der Waals surface area contributed by atoms with Crippen LogP contribution in [-0.2, 0) is 5.75 Å². The van der Waals surface area contributed by atoms with E-state index in [1.807, 2.05) is 18.2 Å². The van der Waals surface area contributed by atoms with Crippen LogP contribution >= 0.6 is 27.7 Å². The lowest BCUT2D eigenvalue weighted by Gasteiger charge is -2.06. The highest BCUT2D eigenvalue weighted by molar-refractivity contribution is 9.10. The molecule has 7 heteroatoms. The van der Waals surface area contributed by atoms with E-state index in [-0.39, 0.29) is 11.1 Å². The maximum atomic E-state index is 7.51.